The summed E-state index contributed by atoms with van der Waals surface area (Å²) in [6.45, 7) is 10.1. The smallest absolute Gasteiger partial charge is 0.307 e. The second-order valence-electron chi connectivity index (χ2n) is 4.66. The van der Waals surface area contributed by atoms with E-state index < -0.39 is 0 Å². The first kappa shape index (κ1) is 15.9. The lowest BCUT2D eigenvalue weighted by Crippen LogP contribution is -2.38. The zero-order valence-corrected chi connectivity index (χ0v) is 11.4. The predicted octanol–water partition coefficient (Wildman–Crippen LogP) is 2.20. The van der Waals surface area contributed by atoms with E-state index in [0.29, 0.717) is 25.4 Å². The van der Waals surface area contributed by atoms with Gasteiger partial charge in [-0.05, 0) is 19.8 Å². The van der Waals surface area contributed by atoms with Gasteiger partial charge in [0.25, 0.3) is 0 Å². The molecule has 0 bridgehead atoms. The average molecular weight is 240 g/mol. The van der Waals surface area contributed by atoms with Gasteiger partial charge in [0.15, 0.2) is 0 Å². The van der Waals surface area contributed by atoms with Crippen LogP contribution in [0.2, 0.25) is 0 Å². The van der Waals surface area contributed by atoms with Crippen LogP contribution < -0.4 is 0 Å². The highest BCUT2D eigenvalue weighted by Gasteiger charge is 2.18. The van der Waals surface area contributed by atoms with Crippen molar-refractivity contribution in [3.63, 3.8) is 0 Å². The minimum Gasteiger partial charge on any atom is -0.466 e. The summed E-state index contributed by atoms with van der Waals surface area (Å²) in [7, 11) is 0. The Bertz CT molecular complexity index is 259. The van der Waals surface area contributed by atoms with Crippen LogP contribution in [0, 0.1) is 17.2 Å². The maximum absolute atomic E-state index is 11.4. The maximum atomic E-state index is 11.4. The van der Waals surface area contributed by atoms with E-state index in [-0.39, 0.29) is 12.0 Å². The molecule has 0 N–H and O–H groups in total. The molecule has 17 heavy (non-hydrogen) atoms. The number of hydrogen-bond acceptors (Lipinski definition) is 4. The van der Waals surface area contributed by atoms with Crippen LogP contribution in [-0.2, 0) is 9.53 Å². The highest BCUT2D eigenvalue weighted by molar-refractivity contribution is 5.70. The van der Waals surface area contributed by atoms with E-state index in [9.17, 15) is 4.79 Å². The van der Waals surface area contributed by atoms with Crippen LogP contribution >= 0.6 is 0 Å². The molecule has 4 nitrogen and oxygen atoms in total. The summed E-state index contributed by atoms with van der Waals surface area (Å²) in [5.41, 5.74) is 0. The van der Waals surface area contributed by atoms with E-state index >= 15 is 0 Å². The Morgan fingerprint density at radius 1 is 1.41 bits per heavy atom. The van der Waals surface area contributed by atoms with Crippen LogP contribution in [0.5, 0.6) is 0 Å². The molecule has 4 heteroatoms. The number of nitrogens with zero attached hydrogens (tertiary/aromatic N) is 2. The number of esters is 1. The number of hydrogen-bond donors (Lipinski definition) is 0. The Morgan fingerprint density at radius 2 is 2.06 bits per heavy atom. The lowest BCUT2D eigenvalue weighted by atomic mass is 10.1. The van der Waals surface area contributed by atoms with Gasteiger partial charge in [-0.2, -0.15) is 5.26 Å². The first-order chi connectivity index (χ1) is 8.01. The van der Waals surface area contributed by atoms with Crippen LogP contribution in [-0.4, -0.2) is 36.6 Å². The topological polar surface area (TPSA) is 53.3 Å². The van der Waals surface area contributed by atoms with Gasteiger partial charge in [0, 0.05) is 25.6 Å². The van der Waals surface area contributed by atoms with E-state index in [4.69, 9.17) is 10.00 Å². The summed E-state index contributed by atoms with van der Waals surface area (Å²) in [5, 5.41) is 8.63. The van der Waals surface area contributed by atoms with Crippen molar-refractivity contribution in [1.82, 2.24) is 4.90 Å². The van der Waals surface area contributed by atoms with Crippen LogP contribution in [0.15, 0.2) is 0 Å². The van der Waals surface area contributed by atoms with Crippen molar-refractivity contribution in [2.24, 2.45) is 5.92 Å². The van der Waals surface area contributed by atoms with Crippen molar-refractivity contribution in [2.45, 2.75) is 46.6 Å². The van der Waals surface area contributed by atoms with Gasteiger partial charge in [0.05, 0.1) is 19.1 Å². The van der Waals surface area contributed by atoms with Crippen molar-refractivity contribution in [2.75, 3.05) is 19.7 Å². The summed E-state index contributed by atoms with van der Waals surface area (Å²) < 4.78 is 4.94. The highest BCUT2D eigenvalue weighted by atomic mass is 16.5. The third-order valence-electron chi connectivity index (χ3n) is 2.50. The fraction of sp³-hybridized carbons (Fsp3) is 0.846. The molecule has 0 aliphatic carbocycles. The monoisotopic (exact) mass is 240 g/mol. The fourth-order valence-electron chi connectivity index (χ4n) is 1.74. The lowest BCUT2D eigenvalue weighted by molar-refractivity contribution is -0.144. The van der Waals surface area contributed by atoms with E-state index in [0.717, 1.165) is 13.1 Å². The summed E-state index contributed by atoms with van der Waals surface area (Å²) in [6, 6.07) is 2.28. The molecule has 0 aromatic heterocycles. The molecule has 1 atom stereocenters. The third-order valence-corrected chi connectivity index (χ3v) is 2.50. The van der Waals surface area contributed by atoms with Crippen LogP contribution in [0.25, 0.3) is 0 Å². The molecule has 0 saturated heterocycles. The second kappa shape index (κ2) is 9.00. The van der Waals surface area contributed by atoms with Gasteiger partial charge in [0.2, 0.25) is 0 Å². The largest absolute Gasteiger partial charge is 0.466 e. The molecule has 0 amide bonds. The van der Waals surface area contributed by atoms with Crippen LogP contribution in [0.1, 0.15) is 40.5 Å². The van der Waals surface area contributed by atoms with Gasteiger partial charge >= 0.3 is 5.97 Å². The molecule has 0 aliphatic heterocycles. The highest BCUT2D eigenvalue weighted by Crippen LogP contribution is 2.09. The Balaban J connectivity index is 4.25. The zero-order valence-electron chi connectivity index (χ0n) is 11.4. The van der Waals surface area contributed by atoms with Gasteiger partial charge in [-0.15, -0.1) is 0 Å². The van der Waals surface area contributed by atoms with E-state index in [1.54, 1.807) is 0 Å². The molecular weight excluding hydrogens is 216 g/mol. The Hall–Kier alpha value is -1.08. The number of carbonyl (C=O) groups excluding carboxylic acids is 1. The molecule has 0 rings (SSSR count). The minimum atomic E-state index is -0.161. The van der Waals surface area contributed by atoms with Crippen LogP contribution in [0.4, 0.5) is 0 Å². The van der Waals surface area contributed by atoms with Crippen molar-refractivity contribution >= 4 is 5.97 Å². The van der Waals surface area contributed by atoms with Gasteiger partial charge in [-0.3, -0.25) is 9.69 Å². The predicted molar refractivity (Wildman–Crippen MR) is 67.4 cm³/mol. The normalized spacial score (nSPS) is 12.5. The maximum Gasteiger partial charge on any atom is 0.307 e. The molecule has 98 valence electrons. The zero-order chi connectivity index (χ0) is 13.3. The Morgan fingerprint density at radius 3 is 2.53 bits per heavy atom. The quantitative estimate of drug-likeness (QED) is 0.610. The number of ether oxygens (including phenoxy) is 1. The summed E-state index contributed by atoms with van der Waals surface area (Å²) >= 11 is 0. The van der Waals surface area contributed by atoms with Crippen molar-refractivity contribution in [1.29, 1.82) is 5.26 Å². The van der Waals surface area contributed by atoms with Crippen molar-refractivity contribution < 1.29 is 9.53 Å². The molecule has 0 saturated carbocycles. The van der Waals surface area contributed by atoms with Gasteiger partial charge < -0.3 is 4.74 Å². The number of rotatable bonds is 8. The van der Waals surface area contributed by atoms with E-state index in [1.165, 1.54) is 0 Å². The van der Waals surface area contributed by atoms with Gasteiger partial charge in [0.1, 0.15) is 0 Å². The minimum absolute atomic E-state index is 0.129. The van der Waals surface area contributed by atoms with E-state index in [2.05, 4.69) is 24.8 Å². The molecule has 0 aliphatic rings. The summed E-state index contributed by atoms with van der Waals surface area (Å²) in [4.78, 5) is 13.6. The SMILES string of the molecule is CCOC(=O)CC(C)N(CCC#N)CC(C)C. The molecular formula is C13H24N2O2. The van der Waals surface area contributed by atoms with Gasteiger partial charge in [-0.1, -0.05) is 13.8 Å². The lowest BCUT2D eigenvalue weighted by Gasteiger charge is -2.29. The molecule has 0 aromatic carbocycles. The molecule has 0 aromatic rings. The summed E-state index contributed by atoms with van der Waals surface area (Å²) in [6.07, 6.45) is 0.895. The van der Waals surface area contributed by atoms with E-state index in [1.807, 2.05) is 13.8 Å². The van der Waals surface area contributed by atoms with Crippen LogP contribution in [0.3, 0.4) is 0 Å². The van der Waals surface area contributed by atoms with Crippen molar-refractivity contribution in [3.8, 4) is 6.07 Å². The molecule has 0 heterocycles. The average Bonchev–Trinajstić information content (AvgIpc) is 2.23. The first-order valence-corrected chi connectivity index (χ1v) is 6.27. The van der Waals surface area contributed by atoms with Gasteiger partial charge in [-0.25, -0.2) is 0 Å². The Labute approximate surface area is 105 Å². The number of carbonyl (C=O) groups is 1. The number of nitriles is 1. The summed E-state index contributed by atoms with van der Waals surface area (Å²) in [5.74, 6) is 0.365. The standard InChI is InChI=1S/C13H24N2O2/c1-5-17-13(16)9-12(4)15(8-6-7-14)10-11(2)3/h11-12H,5-6,8-10H2,1-4H3. The fourth-order valence-corrected chi connectivity index (χ4v) is 1.74. The molecule has 0 fully saturated rings. The molecule has 0 radical (unpaired) electrons. The first-order valence-electron chi connectivity index (χ1n) is 6.27. The Kier molecular flexibility index (Phi) is 8.43. The second-order valence-corrected chi connectivity index (χ2v) is 4.66. The molecule has 0 spiro atoms. The molecule has 1 unspecified atom stereocenters. The van der Waals surface area contributed by atoms with Crippen molar-refractivity contribution in [3.05, 3.63) is 0 Å². The third kappa shape index (κ3) is 7.76.